The van der Waals surface area contributed by atoms with Crippen LogP contribution in [-0.4, -0.2) is 49.5 Å². The molecular weight excluding hydrogens is 554 g/mol. The molecule has 0 radical (unpaired) electrons. The Hall–Kier alpha value is -3.98. The van der Waals surface area contributed by atoms with Crippen LogP contribution in [0.4, 0.5) is 25.1 Å². The number of halogens is 2. The zero-order valence-electron chi connectivity index (χ0n) is 20.9. The minimum Gasteiger partial charge on any atom is -0.325 e. The number of hydrogen-bond donors (Lipinski definition) is 2. The van der Waals surface area contributed by atoms with Crippen LogP contribution < -0.4 is 24.8 Å². The summed E-state index contributed by atoms with van der Waals surface area (Å²) in [7, 11) is -1.52. The van der Waals surface area contributed by atoms with Crippen LogP contribution in [0.1, 0.15) is 11.1 Å². The Morgan fingerprint density at radius 2 is 1.85 bits per heavy atom. The quantitative estimate of drug-likeness (QED) is 0.434. The Kier molecular flexibility index (Phi) is 8.96. The van der Waals surface area contributed by atoms with Gasteiger partial charge in [0.2, 0.25) is 11.5 Å². The van der Waals surface area contributed by atoms with Crippen molar-refractivity contribution >= 4 is 47.1 Å². The predicted octanol–water partition coefficient (Wildman–Crippen LogP) is 1.35. The second-order valence-electron chi connectivity index (χ2n) is 8.66. The lowest BCUT2D eigenvalue weighted by molar-refractivity contribution is -0.120. The van der Waals surface area contributed by atoms with E-state index in [4.69, 9.17) is 0 Å². The van der Waals surface area contributed by atoms with Gasteiger partial charge in [0.25, 0.3) is 0 Å². The van der Waals surface area contributed by atoms with Crippen LogP contribution in [0.3, 0.4) is 0 Å². The minimum absolute atomic E-state index is 0. The Balaban J connectivity index is 0.00000420. The Morgan fingerprint density at radius 1 is 1.15 bits per heavy atom. The molecule has 0 saturated heterocycles. The van der Waals surface area contributed by atoms with Gasteiger partial charge in [-0.3, -0.25) is 9.59 Å². The highest BCUT2D eigenvalue weighted by atomic mass is 32.2. The maximum Gasteiger partial charge on any atom is 0.330 e. The summed E-state index contributed by atoms with van der Waals surface area (Å²) in [5.74, 6) is -2.31. The van der Waals surface area contributed by atoms with Crippen molar-refractivity contribution in [1.29, 1.82) is 0 Å². The zero-order valence-corrected chi connectivity index (χ0v) is 22.7. The van der Waals surface area contributed by atoms with Crippen LogP contribution in [0.5, 0.6) is 0 Å². The van der Waals surface area contributed by atoms with E-state index in [0.717, 1.165) is 21.3 Å². The molecule has 0 fully saturated rings. The van der Waals surface area contributed by atoms with Crippen LogP contribution in [-0.2, 0) is 34.9 Å². The zero-order chi connectivity index (χ0) is 27.6. The van der Waals surface area contributed by atoms with Crippen molar-refractivity contribution in [2.75, 3.05) is 22.8 Å². The molecule has 1 atom stereocenters. The van der Waals surface area contributed by atoms with Gasteiger partial charge in [-0.1, -0.05) is 6.07 Å². The summed E-state index contributed by atoms with van der Waals surface area (Å²) in [5.41, 5.74) is 0.720. The largest absolute Gasteiger partial charge is 0.330 e. The van der Waals surface area contributed by atoms with Crippen molar-refractivity contribution < 1.29 is 26.8 Å². The second kappa shape index (κ2) is 11.8. The highest BCUT2D eigenvalue weighted by Crippen LogP contribution is 2.26. The summed E-state index contributed by atoms with van der Waals surface area (Å²) in [5, 5.41) is 2.30. The third-order valence-corrected chi connectivity index (χ3v) is 7.33. The number of rotatable bonds is 7. The number of amides is 3. The molecular formula is C24H26F2N6O5S2. The SMILES string of the molecule is CN(C(=O)[C@H](Cc1cc(F)cc(F)c1)NC(=O)NS(=O)(=O)N1CCc2cccnc21)c1ccc(=O)n(C)c1.S. The van der Waals surface area contributed by atoms with Gasteiger partial charge in [0, 0.05) is 51.6 Å². The van der Waals surface area contributed by atoms with Gasteiger partial charge in [0.1, 0.15) is 23.5 Å². The molecule has 4 rings (SSSR count). The van der Waals surface area contributed by atoms with Crippen molar-refractivity contribution in [2.24, 2.45) is 7.05 Å². The van der Waals surface area contributed by atoms with Crippen molar-refractivity contribution in [3.05, 3.63) is 88.0 Å². The van der Waals surface area contributed by atoms with Crippen molar-refractivity contribution in [3.63, 3.8) is 0 Å². The molecule has 0 saturated carbocycles. The third-order valence-electron chi connectivity index (χ3n) is 5.95. The molecule has 1 aliphatic rings. The first-order chi connectivity index (χ1) is 17.9. The molecule has 0 spiro atoms. The number of nitrogens with one attached hydrogen (secondary N) is 2. The van der Waals surface area contributed by atoms with Gasteiger partial charge in [-0.05, 0) is 41.8 Å². The normalized spacial score (nSPS) is 13.2. The van der Waals surface area contributed by atoms with E-state index in [1.807, 2.05) is 4.72 Å². The molecule has 1 aliphatic heterocycles. The van der Waals surface area contributed by atoms with E-state index in [9.17, 15) is 31.6 Å². The molecule has 2 aromatic heterocycles. The van der Waals surface area contributed by atoms with Gasteiger partial charge >= 0.3 is 16.2 Å². The molecule has 15 heteroatoms. The number of anilines is 2. The minimum atomic E-state index is -4.39. The molecule has 0 unspecified atom stereocenters. The van der Waals surface area contributed by atoms with Crippen LogP contribution in [0.15, 0.2) is 59.7 Å². The molecule has 3 aromatic rings. The number of aromatic nitrogens is 2. The topological polar surface area (TPSA) is 134 Å². The Morgan fingerprint density at radius 3 is 2.51 bits per heavy atom. The smallest absolute Gasteiger partial charge is 0.325 e. The third kappa shape index (κ3) is 6.72. The van der Waals surface area contributed by atoms with Gasteiger partial charge < -0.3 is 14.8 Å². The lowest BCUT2D eigenvalue weighted by Crippen LogP contribution is -2.54. The summed E-state index contributed by atoms with van der Waals surface area (Å²) in [6, 6.07) is 6.02. The molecule has 11 nitrogen and oxygen atoms in total. The number of urea groups is 1. The summed E-state index contributed by atoms with van der Waals surface area (Å²) in [6.07, 6.45) is 2.86. The highest BCUT2D eigenvalue weighted by Gasteiger charge is 2.33. The molecule has 3 heterocycles. The van der Waals surface area contributed by atoms with E-state index in [2.05, 4.69) is 10.3 Å². The summed E-state index contributed by atoms with van der Waals surface area (Å²) in [6.45, 7) is 0.0648. The molecule has 0 bridgehead atoms. The van der Waals surface area contributed by atoms with E-state index < -0.39 is 39.8 Å². The van der Waals surface area contributed by atoms with Crippen molar-refractivity contribution in [1.82, 2.24) is 19.6 Å². The molecule has 208 valence electrons. The van der Waals surface area contributed by atoms with Crippen molar-refractivity contribution in [3.8, 4) is 0 Å². The summed E-state index contributed by atoms with van der Waals surface area (Å²) in [4.78, 5) is 43.1. The van der Waals surface area contributed by atoms with Gasteiger partial charge in [0.15, 0.2) is 0 Å². The fourth-order valence-electron chi connectivity index (χ4n) is 4.08. The van der Waals surface area contributed by atoms with Crippen molar-refractivity contribution in [2.45, 2.75) is 18.9 Å². The average molecular weight is 581 g/mol. The molecule has 0 aliphatic carbocycles. The first-order valence-electron chi connectivity index (χ1n) is 11.4. The standard InChI is InChI=1S/C24H24F2N6O5S.H2S/c1-30-14-19(5-6-21(30)33)31(2)23(34)20(12-15-10-17(25)13-18(26)11-15)28-24(35)29-38(36,37)32-9-7-16-4-3-8-27-22(16)32;/h3-6,8,10-11,13-14,20H,7,9,12H2,1-2H3,(H2,28,29,35);1H2/t20-;/m0./s1. The Bertz CT molecular complexity index is 1550. The number of pyridine rings is 2. The number of carbonyl (C=O) groups excluding carboxylic acids is 2. The monoisotopic (exact) mass is 580 g/mol. The van der Waals surface area contributed by atoms with Crippen LogP contribution in [0.2, 0.25) is 0 Å². The maximum atomic E-state index is 13.8. The number of hydrogen-bond acceptors (Lipinski definition) is 6. The van der Waals surface area contributed by atoms with Gasteiger partial charge in [-0.25, -0.2) is 27.6 Å². The average Bonchev–Trinajstić information content (AvgIpc) is 3.29. The second-order valence-corrected chi connectivity index (χ2v) is 10.3. The van der Waals surface area contributed by atoms with Crippen LogP contribution in [0, 0.1) is 11.6 Å². The molecule has 39 heavy (non-hydrogen) atoms. The van der Waals surface area contributed by atoms with Gasteiger partial charge in [0.05, 0.1) is 5.69 Å². The number of carbonyl (C=O) groups is 2. The fraction of sp³-hybridized carbons (Fsp3) is 0.250. The van der Waals surface area contributed by atoms with Gasteiger partial charge in [-0.15, -0.1) is 0 Å². The number of nitrogens with zero attached hydrogens (tertiary/aromatic N) is 4. The summed E-state index contributed by atoms with van der Waals surface area (Å²) >= 11 is 0. The lowest BCUT2D eigenvalue weighted by atomic mass is 10.0. The highest BCUT2D eigenvalue weighted by molar-refractivity contribution is 7.91. The number of benzene rings is 1. The number of likely N-dealkylation sites (N-methyl/N-ethyl adjacent to an activating group) is 1. The first-order valence-corrected chi connectivity index (χ1v) is 12.8. The molecule has 2 N–H and O–H groups in total. The van der Waals surface area contributed by atoms with E-state index in [1.54, 1.807) is 12.1 Å². The predicted molar refractivity (Wildman–Crippen MR) is 145 cm³/mol. The molecule has 3 amide bonds. The van der Waals surface area contributed by atoms with Crippen LogP contribution >= 0.6 is 13.5 Å². The number of fused-ring (bicyclic) bond motifs is 1. The lowest BCUT2D eigenvalue weighted by Gasteiger charge is -2.26. The number of aryl methyl sites for hydroxylation is 1. The van der Waals surface area contributed by atoms with E-state index >= 15 is 0 Å². The van der Waals surface area contributed by atoms with E-state index in [-0.39, 0.29) is 43.4 Å². The van der Waals surface area contributed by atoms with Gasteiger partial charge in [-0.2, -0.15) is 21.9 Å². The Labute approximate surface area is 230 Å². The van der Waals surface area contributed by atoms with E-state index in [1.165, 1.54) is 43.2 Å². The van der Waals surface area contributed by atoms with E-state index in [0.29, 0.717) is 23.7 Å². The van der Waals surface area contributed by atoms with Crippen LogP contribution in [0.25, 0.3) is 0 Å². The fourth-order valence-corrected chi connectivity index (χ4v) is 5.20. The first kappa shape index (κ1) is 29.6. The summed E-state index contributed by atoms with van der Waals surface area (Å²) < 4.78 is 57.5. The maximum absolute atomic E-state index is 13.8. The molecule has 1 aromatic carbocycles.